The first-order valence-electron chi connectivity index (χ1n) is 12.7. The van der Waals surface area contributed by atoms with Gasteiger partial charge in [0.2, 0.25) is 5.91 Å². The Hall–Kier alpha value is -1.55. The number of carbonyl (C=O) groups is 1. The summed E-state index contributed by atoms with van der Waals surface area (Å²) in [5, 5.41) is 8.33. The van der Waals surface area contributed by atoms with Crippen molar-refractivity contribution in [2.45, 2.75) is 84.0 Å². The second-order valence-electron chi connectivity index (χ2n) is 8.63. The fourth-order valence-electron chi connectivity index (χ4n) is 3.85. The second-order valence-corrected chi connectivity index (χ2v) is 8.63. The van der Waals surface area contributed by atoms with Crippen LogP contribution in [0.2, 0.25) is 0 Å². The lowest BCUT2D eigenvalue weighted by Crippen LogP contribution is -2.42. The van der Waals surface area contributed by atoms with Gasteiger partial charge in [0.05, 0.1) is 45.3 Å². The SMILES string of the molecule is CCCCCCCCCn1cc(COCCOCCOCC(=O)N2CCC(OC)CC2)nn1. The first-order chi connectivity index (χ1) is 16.2. The van der Waals surface area contributed by atoms with Gasteiger partial charge in [0.25, 0.3) is 0 Å². The highest BCUT2D eigenvalue weighted by atomic mass is 16.5. The number of hydrogen-bond donors (Lipinski definition) is 0. The van der Waals surface area contributed by atoms with Crippen LogP contribution in [0.15, 0.2) is 6.20 Å². The lowest BCUT2D eigenvalue weighted by molar-refractivity contribution is -0.139. The van der Waals surface area contributed by atoms with E-state index < -0.39 is 0 Å². The Labute approximate surface area is 199 Å². The Kier molecular flexibility index (Phi) is 15.0. The van der Waals surface area contributed by atoms with Gasteiger partial charge < -0.3 is 23.8 Å². The highest BCUT2D eigenvalue weighted by Gasteiger charge is 2.22. The van der Waals surface area contributed by atoms with Gasteiger partial charge in [-0.3, -0.25) is 9.48 Å². The van der Waals surface area contributed by atoms with Crippen molar-refractivity contribution < 1.29 is 23.7 Å². The molecule has 0 bridgehead atoms. The summed E-state index contributed by atoms with van der Waals surface area (Å²) in [5.74, 6) is 0.0351. The third-order valence-corrected chi connectivity index (χ3v) is 5.92. The summed E-state index contributed by atoms with van der Waals surface area (Å²) in [6, 6.07) is 0. The molecule has 0 saturated carbocycles. The molecule has 190 valence electrons. The molecule has 1 aromatic rings. The first-order valence-corrected chi connectivity index (χ1v) is 12.7. The van der Waals surface area contributed by atoms with Crippen molar-refractivity contribution in [3.63, 3.8) is 0 Å². The van der Waals surface area contributed by atoms with E-state index in [0.717, 1.165) is 44.6 Å². The zero-order valence-corrected chi connectivity index (χ0v) is 20.7. The van der Waals surface area contributed by atoms with E-state index in [1.165, 1.54) is 38.5 Å². The van der Waals surface area contributed by atoms with Crippen LogP contribution in [-0.4, -0.2) is 85.1 Å². The molecule has 0 N–H and O–H groups in total. The summed E-state index contributed by atoms with van der Waals surface area (Å²) in [6.07, 6.45) is 13.0. The van der Waals surface area contributed by atoms with E-state index in [4.69, 9.17) is 18.9 Å². The van der Waals surface area contributed by atoms with Crippen LogP contribution in [0.25, 0.3) is 0 Å². The molecule has 0 spiro atoms. The number of hydrogen-bond acceptors (Lipinski definition) is 7. The van der Waals surface area contributed by atoms with Crippen LogP contribution < -0.4 is 0 Å². The van der Waals surface area contributed by atoms with E-state index in [1.54, 1.807) is 7.11 Å². The largest absolute Gasteiger partial charge is 0.381 e. The Bertz CT molecular complexity index is 620. The fraction of sp³-hybridized carbons (Fsp3) is 0.875. The molecule has 1 aromatic heterocycles. The number of rotatable bonds is 19. The summed E-state index contributed by atoms with van der Waals surface area (Å²) in [4.78, 5) is 14.0. The van der Waals surface area contributed by atoms with Crippen molar-refractivity contribution in [2.24, 2.45) is 0 Å². The topological polar surface area (TPSA) is 87.9 Å². The molecule has 9 nitrogen and oxygen atoms in total. The van der Waals surface area contributed by atoms with Crippen LogP contribution in [0.4, 0.5) is 0 Å². The summed E-state index contributed by atoms with van der Waals surface area (Å²) in [6.45, 7) is 6.98. The van der Waals surface area contributed by atoms with E-state index in [0.29, 0.717) is 33.0 Å². The molecule has 1 fully saturated rings. The molecule has 2 rings (SSSR count). The zero-order valence-electron chi connectivity index (χ0n) is 20.7. The van der Waals surface area contributed by atoms with Crippen molar-refractivity contribution in [1.82, 2.24) is 19.9 Å². The van der Waals surface area contributed by atoms with Crippen molar-refractivity contribution in [3.05, 3.63) is 11.9 Å². The maximum atomic E-state index is 12.1. The maximum absolute atomic E-state index is 12.1. The second kappa shape index (κ2) is 17.9. The molecule has 0 radical (unpaired) electrons. The Morgan fingerprint density at radius 1 is 0.970 bits per heavy atom. The molecule has 1 amide bonds. The predicted molar refractivity (Wildman–Crippen MR) is 126 cm³/mol. The monoisotopic (exact) mass is 468 g/mol. The zero-order chi connectivity index (χ0) is 23.6. The van der Waals surface area contributed by atoms with Crippen LogP contribution in [0.1, 0.15) is 70.4 Å². The van der Waals surface area contributed by atoms with Crippen molar-refractivity contribution in [2.75, 3.05) is 53.2 Å². The van der Waals surface area contributed by atoms with Crippen molar-refractivity contribution in [3.8, 4) is 0 Å². The lowest BCUT2D eigenvalue weighted by Gasteiger charge is -2.31. The predicted octanol–water partition coefficient (Wildman–Crippen LogP) is 3.22. The third-order valence-electron chi connectivity index (χ3n) is 5.92. The van der Waals surface area contributed by atoms with Gasteiger partial charge >= 0.3 is 0 Å². The van der Waals surface area contributed by atoms with Gasteiger partial charge in [0.15, 0.2) is 0 Å². The minimum absolute atomic E-state index is 0.0351. The third kappa shape index (κ3) is 12.5. The number of nitrogens with zero attached hydrogens (tertiary/aromatic N) is 4. The van der Waals surface area contributed by atoms with Crippen molar-refractivity contribution in [1.29, 1.82) is 0 Å². The average molecular weight is 469 g/mol. The standard InChI is InChI=1S/C24H44N4O5/c1-3-4-5-6-7-8-9-12-28-19-22(25-26-28)20-32-17-15-31-16-18-33-21-24(29)27-13-10-23(30-2)11-14-27/h19,23H,3-18,20-21H2,1-2H3. The average Bonchev–Trinajstić information content (AvgIpc) is 3.30. The molecular weight excluding hydrogens is 424 g/mol. The molecule has 9 heteroatoms. The number of ether oxygens (including phenoxy) is 4. The van der Waals surface area contributed by atoms with Crippen LogP contribution in [0, 0.1) is 0 Å². The van der Waals surface area contributed by atoms with Gasteiger partial charge in [-0.25, -0.2) is 0 Å². The number of aromatic nitrogens is 3. The van der Waals surface area contributed by atoms with E-state index in [9.17, 15) is 4.79 Å². The molecule has 0 aromatic carbocycles. The van der Waals surface area contributed by atoms with Gasteiger partial charge in [-0.15, -0.1) is 5.10 Å². The molecule has 0 aliphatic carbocycles. The van der Waals surface area contributed by atoms with Gasteiger partial charge in [0.1, 0.15) is 12.3 Å². The number of likely N-dealkylation sites (tertiary alicyclic amines) is 1. The van der Waals surface area contributed by atoms with Crippen molar-refractivity contribution >= 4 is 5.91 Å². The van der Waals surface area contributed by atoms with Crippen LogP contribution in [0.5, 0.6) is 0 Å². The molecule has 1 saturated heterocycles. The molecular formula is C24H44N4O5. The molecule has 1 aliphatic rings. The van der Waals surface area contributed by atoms with Gasteiger partial charge in [-0.2, -0.15) is 0 Å². The van der Waals surface area contributed by atoms with Crippen LogP contribution in [0.3, 0.4) is 0 Å². The highest BCUT2D eigenvalue weighted by Crippen LogP contribution is 2.13. The molecule has 0 unspecified atom stereocenters. The number of amides is 1. The minimum Gasteiger partial charge on any atom is -0.381 e. The number of unbranched alkanes of at least 4 members (excludes halogenated alkanes) is 6. The first kappa shape index (κ1) is 27.7. The molecule has 1 aliphatic heterocycles. The van der Waals surface area contributed by atoms with Gasteiger partial charge in [0, 0.05) is 26.7 Å². The number of methoxy groups -OCH3 is 1. The lowest BCUT2D eigenvalue weighted by atomic mass is 10.1. The van der Waals surface area contributed by atoms with Gasteiger partial charge in [-0.05, 0) is 19.3 Å². The van der Waals surface area contributed by atoms with E-state index in [1.807, 2.05) is 15.8 Å². The number of piperidine rings is 1. The molecule has 33 heavy (non-hydrogen) atoms. The minimum atomic E-state index is 0.0351. The molecule has 0 atom stereocenters. The van der Waals surface area contributed by atoms with Crippen LogP contribution >= 0.6 is 0 Å². The maximum Gasteiger partial charge on any atom is 0.248 e. The summed E-state index contributed by atoms with van der Waals surface area (Å²) < 4.78 is 23.8. The van der Waals surface area contributed by atoms with E-state index in [2.05, 4.69) is 17.2 Å². The van der Waals surface area contributed by atoms with Gasteiger partial charge in [-0.1, -0.05) is 50.7 Å². The summed E-state index contributed by atoms with van der Waals surface area (Å²) in [5.41, 5.74) is 0.842. The quantitative estimate of drug-likeness (QED) is 0.288. The number of aryl methyl sites for hydroxylation is 1. The number of carbonyl (C=O) groups excluding carboxylic acids is 1. The van der Waals surface area contributed by atoms with E-state index in [-0.39, 0.29) is 18.6 Å². The Balaban J connectivity index is 1.38. The van der Waals surface area contributed by atoms with E-state index >= 15 is 0 Å². The normalized spacial score (nSPS) is 14.8. The summed E-state index contributed by atoms with van der Waals surface area (Å²) >= 11 is 0. The fourth-order valence-corrected chi connectivity index (χ4v) is 3.85. The molecule has 2 heterocycles. The summed E-state index contributed by atoms with van der Waals surface area (Å²) in [7, 11) is 1.72. The Morgan fingerprint density at radius 2 is 1.64 bits per heavy atom. The smallest absolute Gasteiger partial charge is 0.248 e. The highest BCUT2D eigenvalue weighted by molar-refractivity contribution is 5.77. The Morgan fingerprint density at radius 3 is 2.36 bits per heavy atom. The van der Waals surface area contributed by atoms with Crippen LogP contribution in [-0.2, 0) is 36.9 Å².